The van der Waals surface area contributed by atoms with Gasteiger partial charge < -0.3 is 14.4 Å². The highest BCUT2D eigenvalue weighted by Crippen LogP contribution is 2.24. The van der Waals surface area contributed by atoms with Crippen molar-refractivity contribution in [3.63, 3.8) is 0 Å². The molecule has 1 N–H and O–H groups in total. The molecule has 17 heavy (non-hydrogen) atoms. The van der Waals surface area contributed by atoms with Crippen molar-refractivity contribution in [2.75, 3.05) is 4.61 Å². The lowest BCUT2D eigenvalue weighted by molar-refractivity contribution is 0.273. The fourth-order valence-electron chi connectivity index (χ4n) is 1.73. The van der Waals surface area contributed by atoms with E-state index in [0.717, 1.165) is 5.39 Å². The van der Waals surface area contributed by atoms with E-state index in [-0.39, 0.29) is 12.2 Å². The van der Waals surface area contributed by atoms with Crippen LogP contribution in [0.15, 0.2) is 29.2 Å². The van der Waals surface area contributed by atoms with Gasteiger partial charge in [-0.2, -0.15) is 0 Å². The van der Waals surface area contributed by atoms with Crippen molar-refractivity contribution in [2.24, 2.45) is 7.05 Å². The summed E-state index contributed by atoms with van der Waals surface area (Å²) in [5.74, 6) is 0.567. The molecule has 1 heterocycles. The Morgan fingerprint density at radius 3 is 2.88 bits per heavy atom. The third-order valence-corrected chi connectivity index (χ3v) is 2.95. The van der Waals surface area contributed by atoms with Gasteiger partial charge in [0, 0.05) is 18.8 Å². The van der Waals surface area contributed by atoms with Crippen LogP contribution in [0.1, 0.15) is 5.56 Å². The molecular formula is C12H12INO3. The van der Waals surface area contributed by atoms with Crippen molar-refractivity contribution in [3.05, 3.63) is 40.3 Å². The summed E-state index contributed by atoms with van der Waals surface area (Å²) in [6, 6.07) is 5.34. The molecule has 0 saturated heterocycles. The lowest BCUT2D eigenvalue weighted by atomic mass is 10.1. The van der Waals surface area contributed by atoms with E-state index in [1.807, 2.05) is 6.07 Å². The number of ether oxygens (including phenoxy) is 1. The van der Waals surface area contributed by atoms with Gasteiger partial charge in [0.2, 0.25) is 0 Å². The molecule has 0 aliphatic rings. The zero-order valence-electron chi connectivity index (χ0n) is 9.31. The Balaban J connectivity index is 2.74. The number of nitrogens with zero attached hydrogens (tertiary/aromatic N) is 1. The van der Waals surface area contributed by atoms with Gasteiger partial charge in [-0.3, -0.25) is 4.79 Å². The van der Waals surface area contributed by atoms with Gasteiger partial charge >= 0.3 is 0 Å². The number of aryl methyl sites for hydroxylation is 1. The number of aliphatic hydroxyl groups is 1. The van der Waals surface area contributed by atoms with Crippen molar-refractivity contribution in [3.8, 4) is 5.75 Å². The van der Waals surface area contributed by atoms with E-state index < -0.39 is 0 Å². The van der Waals surface area contributed by atoms with Crippen LogP contribution in [0.4, 0.5) is 0 Å². The number of aromatic nitrogens is 1. The largest absolute Gasteiger partial charge is 0.483 e. The number of halogens is 1. The molecule has 4 nitrogen and oxygen atoms in total. The van der Waals surface area contributed by atoms with Crippen LogP contribution < -0.4 is 10.3 Å². The number of fused-ring (bicyclic) bond motifs is 1. The predicted molar refractivity (Wildman–Crippen MR) is 74.6 cm³/mol. The average Bonchev–Trinajstić information content (AvgIpc) is 2.34. The fourth-order valence-corrected chi connectivity index (χ4v) is 2.07. The fraction of sp³-hybridized carbons (Fsp3) is 0.250. The van der Waals surface area contributed by atoms with Gasteiger partial charge in [-0.25, -0.2) is 0 Å². The zero-order valence-corrected chi connectivity index (χ0v) is 11.5. The summed E-state index contributed by atoms with van der Waals surface area (Å²) in [6.07, 6.45) is 1.71. The molecule has 0 spiro atoms. The summed E-state index contributed by atoms with van der Waals surface area (Å²) in [5.41, 5.74) is 0.632. The Morgan fingerprint density at radius 2 is 2.24 bits per heavy atom. The standard InChI is InChI=1S/C12H12INO3/c1-14-3-2-8-4-9(6-15)11(17-7-13)5-10(8)12(14)16/h2-5,15H,6-7H2,1H3. The first kappa shape index (κ1) is 12.4. The van der Waals surface area contributed by atoms with Crippen molar-refractivity contribution < 1.29 is 9.84 Å². The minimum atomic E-state index is -0.100. The molecule has 0 bridgehead atoms. The van der Waals surface area contributed by atoms with E-state index in [2.05, 4.69) is 22.6 Å². The molecule has 0 atom stereocenters. The Hall–Kier alpha value is -1.08. The maximum absolute atomic E-state index is 11.9. The third-order valence-electron chi connectivity index (χ3n) is 2.64. The minimum Gasteiger partial charge on any atom is -0.483 e. The lowest BCUT2D eigenvalue weighted by Crippen LogP contribution is -2.15. The van der Waals surface area contributed by atoms with Crippen LogP contribution in [0.5, 0.6) is 5.75 Å². The second-order valence-corrected chi connectivity index (χ2v) is 4.31. The first-order valence-electron chi connectivity index (χ1n) is 5.09. The van der Waals surface area contributed by atoms with Crippen LogP contribution in [0.2, 0.25) is 0 Å². The van der Waals surface area contributed by atoms with Gasteiger partial charge in [0.1, 0.15) is 10.4 Å². The second-order valence-electron chi connectivity index (χ2n) is 3.69. The molecule has 1 aromatic heterocycles. The maximum atomic E-state index is 11.9. The maximum Gasteiger partial charge on any atom is 0.258 e. The zero-order chi connectivity index (χ0) is 12.4. The molecule has 0 unspecified atom stereocenters. The monoisotopic (exact) mass is 345 g/mol. The topological polar surface area (TPSA) is 51.5 Å². The first-order valence-corrected chi connectivity index (χ1v) is 6.62. The van der Waals surface area contributed by atoms with Crippen LogP contribution in [0.25, 0.3) is 10.8 Å². The molecule has 0 fully saturated rings. The number of pyridine rings is 1. The highest BCUT2D eigenvalue weighted by molar-refractivity contribution is 14.1. The first-order chi connectivity index (χ1) is 8.17. The highest BCUT2D eigenvalue weighted by atomic mass is 127. The molecule has 0 aliphatic carbocycles. The van der Waals surface area contributed by atoms with Crippen LogP contribution in [-0.2, 0) is 13.7 Å². The van der Waals surface area contributed by atoms with E-state index in [0.29, 0.717) is 21.3 Å². The number of aliphatic hydroxyl groups excluding tert-OH is 1. The molecule has 2 rings (SSSR count). The number of hydrogen-bond acceptors (Lipinski definition) is 3. The van der Waals surface area contributed by atoms with Crippen LogP contribution >= 0.6 is 22.6 Å². The van der Waals surface area contributed by atoms with Crippen molar-refractivity contribution in [1.29, 1.82) is 0 Å². The Bertz CT molecular complexity index is 606. The lowest BCUT2D eigenvalue weighted by Gasteiger charge is -2.10. The molecule has 2 aromatic rings. The number of hydrogen-bond donors (Lipinski definition) is 1. The molecule has 0 saturated carbocycles. The van der Waals surface area contributed by atoms with E-state index in [1.54, 1.807) is 25.4 Å². The van der Waals surface area contributed by atoms with Gasteiger partial charge in [-0.05, 0) is 46.2 Å². The third kappa shape index (κ3) is 2.30. The Morgan fingerprint density at radius 1 is 1.47 bits per heavy atom. The van der Waals surface area contributed by atoms with Crippen molar-refractivity contribution >= 4 is 33.4 Å². The van der Waals surface area contributed by atoms with Gasteiger partial charge in [-0.1, -0.05) is 0 Å². The quantitative estimate of drug-likeness (QED) is 0.682. The van der Waals surface area contributed by atoms with Gasteiger partial charge in [0.05, 0.1) is 12.0 Å². The molecule has 90 valence electrons. The van der Waals surface area contributed by atoms with Crippen molar-refractivity contribution in [2.45, 2.75) is 6.61 Å². The highest BCUT2D eigenvalue weighted by Gasteiger charge is 2.08. The number of benzene rings is 1. The summed E-state index contributed by atoms with van der Waals surface area (Å²) in [6.45, 7) is -0.100. The smallest absolute Gasteiger partial charge is 0.258 e. The SMILES string of the molecule is Cn1ccc2cc(CO)c(OCI)cc2c1=O. The molecular weight excluding hydrogens is 333 g/mol. The van der Waals surface area contributed by atoms with Crippen LogP contribution in [0, 0.1) is 0 Å². The van der Waals surface area contributed by atoms with Crippen molar-refractivity contribution in [1.82, 2.24) is 4.57 Å². The molecule has 0 radical (unpaired) electrons. The summed E-state index contributed by atoms with van der Waals surface area (Å²) < 4.78 is 7.41. The van der Waals surface area contributed by atoms with Crippen LogP contribution in [0.3, 0.4) is 0 Å². The summed E-state index contributed by atoms with van der Waals surface area (Å²) in [5, 5.41) is 10.7. The summed E-state index contributed by atoms with van der Waals surface area (Å²) >= 11 is 2.08. The predicted octanol–water partition coefficient (Wildman–Crippen LogP) is 1.80. The van der Waals surface area contributed by atoms with Gasteiger partial charge in [-0.15, -0.1) is 0 Å². The summed E-state index contributed by atoms with van der Waals surface area (Å²) in [4.78, 5) is 11.9. The molecule has 0 aliphatic heterocycles. The van der Waals surface area contributed by atoms with E-state index in [1.165, 1.54) is 4.57 Å². The Labute approximate surface area is 112 Å². The second kappa shape index (κ2) is 5.05. The average molecular weight is 345 g/mol. The van der Waals surface area contributed by atoms with E-state index in [9.17, 15) is 9.90 Å². The Kier molecular flexibility index (Phi) is 3.68. The van der Waals surface area contributed by atoms with Gasteiger partial charge in [0.15, 0.2) is 0 Å². The van der Waals surface area contributed by atoms with E-state index >= 15 is 0 Å². The summed E-state index contributed by atoms with van der Waals surface area (Å²) in [7, 11) is 1.71. The number of alkyl halides is 1. The van der Waals surface area contributed by atoms with E-state index in [4.69, 9.17) is 4.74 Å². The number of rotatable bonds is 3. The minimum absolute atomic E-state index is 0.0645. The van der Waals surface area contributed by atoms with Gasteiger partial charge in [0.25, 0.3) is 5.56 Å². The molecule has 5 heteroatoms. The molecule has 0 amide bonds. The normalized spacial score (nSPS) is 10.8. The van der Waals surface area contributed by atoms with Crippen LogP contribution in [-0.4, -0.2) is 14.3 Å². The molecule has 1 aromatic carbocycles.